The zero-order valence-electron chi connectivity index (χ0n) is 15.0. The van der Waals surface area contributed by atoms with E-state index in [4.69, 9.17) is 9.47 Å². The molecule has 8 heteroatoms. The summed E-state index contributed by atoms with van der Waals surface area (Å²) in [6.45, 7) is 5.51. The number of aryl methyl sites for hydroxylation is 1. The van der Waals surface area contributed by atoms with Crippen LogP contribution in [0, 0.1) is 6.92 Å². The summed E-state index contributed by atoms with van der Waals surface area (Å²) >= 11 is 1.67. The summed E-state index contributed by atoms with van der Waals surface area (Å²) in [4.78, 5) is 9.06. The lowest BCUT2D eigenvalue weighted by Crippen LogP contribution is -2.30. The number of hydrogen-bond acceptors (Lipinski definition) is 5. The van der Waals surface area contributed by atoms with E-state index >= 15 is 0 Å². The third-order valence-corrected chi connectivity index (χ3v) is 4.12. The van der Waals surface area contributed by atoms with E-state index in [-0.39, 0.29) is 24.0 Å². The topological polar surface area (TPSA) is 67.8 Å². The highest BCUT2D eigenvalue weighted by atomic mass is 127. The van der Waals surface area contributed by atoms with E-state index in [1.54, 1.807) is 25.6 Å². The van der Waals surface area contributed by atoms with Crippen molar-refractivity contribution in [3.63, 3.8) is 0 Å². The zero-order chi connectivity index (χ0) is 17.4. The molecule has 0 fully saturated rings. The summed E-state index contributed by atoms with van der Waals surface area (Å²) < 4.78 is 10.6. The van der Waals surface area contributed by atoms with Crippen molar-refractivity contribution in [2.24, 2.45) is 4.99 Å². The largest absolute Gasteiger partial charge is 0.493 e. The number of hydrogen-bond donors (Lipinski definition) is 2. The van der Waals surface area contributed by atoms with E-state index in [1.165, 1.54) is 0 Å². The van der Waals surface area contributed by atoms with Gasteiger partial charge in [-0.2, -0.15) is 0 Å². The van der Waals surface area contributed by atoms with Crippen molar-refractivity contribution in [3.05, 3.63) is 34.3 Å². The average Bonchev–Trinajstić information content (AvgIpc) is 3.00. The first-order valence-electron chi connectivity index (χ1n) is 7.84. The predicted molar refractivity (Wildman–Crippen MR) is 115 cm³/mol. The second-order valence-corrected chi connectivity index (χ2v) is 6.13. The van der Waals surface area contributed by atoms with Gasteiger partial charge < -0.3 is 20.1 Å². The average molecular weight is 476 g/mol. The molecular formula is C17H25IN4O2S. The van der Waals surface area contributed by atoms with Crippen LogP contribution < -0.4 is 20.1 Å². The molecule has 25 heavy (non-hydrogen) atoms. The molecule has 138 valence electrons. The van der Waals surface area contributed by atoms with Gasteiger partial charge in [0.05, 0.1) is 24.9 Å². The predicted octanol–water partition coefficient (Wildman–Crippen LogP) is 3.71. The number of methoxy groups -OCH3 is 2. The summed E-state index contributed by atoms with van der Waals surface area (Å²) in [5.41, 5.74) is 1.97. The molecule has 2 N–H and O–H groups in total. The molecule has 6 nitrogen and oxygen atoms in total. The summed E-state index contributed by atoms with van der Waals surface area (Å²) in [5, 5.41) is 9.69. The minimum atomic E-state index is 0. The standard InChI is InChI=1S/C17H24N4O2S.HI/c1-5-18-17(19-9-8-14-11-24-12(2)20-14)21-13-6-7-15(22-3)16(10-13)23-4;/h6-7,10-11H,5,8-9H2,1-4H3,(H2,18,19,21);1H. The lowest BCUT2D eigenvalue weighted by molar-refractivity contribution is 0.355. The number of ether oxygens (including phenoxy) is 2. The Morgan fingerprint density at radius 1 is 1.24 bits per heavy atom. The summed E-state index contributed by atoms with van der Waals surface area (Å²) in [6.07, 6.45) is 0.826. The number of guanidine groups is 1. The summed E-state index contributed by atoms with van der Waals surface area (Å²) in [6, 6.07) is 5.68. The number of thiazole rings is 1. The van der Waals surface area contributed by atoms with Crippen molar-refractivity contribution >= 4 is 47.0 Å². The molecule has 0 unspecified atom stereocenters. The molecule has 2 aromatic rings. The van der Waals surface area contributed by atoms with Crippen LogP contribution in [0.2, 0.25) is 0 Å². The van der Waals surface area contributed by atoms with E-state index in [0.717, 1.165) is 35.3 Å². The molecule has 0 bridgehead atoms. The maximum Gasteiger partial charge on any atom is 0.195 e. The van der Waals surface area contributed by atoms with Crippen LogP contribution in [0.15, 0.2) is 28.6 Å². The van der Waals surface area contributed by atoms with E-state index in [0.29, 0.717) is 18.0 Å². The molecule has 0 spiro atoms. The van der Waals surface area contributed by atoms with Crippen LogP contribution in [0.1, 0.15) is 17.6 Å². The van der Waals surface area contributed by atoms with Gasteiger partial charge in [-0.3, -0.25) is 4.99 Å². The minimum absolute atomic E-state index is 0. The third kappa shape index (κ3) is 6.69. The molecule has 0 aliphatic carbocycles. The third-order valence-electron chi connectivity index (χ3n) is 3.29. The normalized spacial score (nSPS) is 10.8. The first kappa shape index (κ1) is 21.5. The molecule has 1 aromatic heterocycles. The molecule has 1 aromatic carbocycles. The van der Waals surface area contributed by atoms with Crippen molar-refractivity contribution < 1.29 is 9.47 Å². The highest BCUT2D eigenvalue weighted by molar-refractivity contribution is 14.0. The second-order valence-electron chi connectivity index (χ2n) is 5.06. The number of benzene rings is 1. The Labute approximate surface area is 170 Å². The fraction of sp³-hybridized carbons (Fsp3) is 0.412. The lowest BCUT2D eigenvalue weighted by Gasteiger charge is -2.13. The van der Waals surface area contributed by atoms with Crippen LogP contribution >= 0.6 is 35.3 Å². The Balaban J connectivity index is 0.00000312. The lowest BCUT2D eigenvalue weighted by atomic mass is 10.2. The van der Waals surface area contributed by atoms with E-state index in [1.807, 2.05) is 32.0 Å². The van der Waals surface area contributed by atoms with Gasteiger partial charge >= 0.3 is 0 Å². The van der Waals surface area contributed by atoms with Crippen molar-refractivity contribution in [3.8, 4) is 11.5 Å². The number of aliphatic imine (C=N–C) groups is 1. The van der Waals surface area contributed by atoms with Crippen LogP contribution in [0.5, 0.6) is 11.5 Å². The molecule has 1 heterocycles. The Hall–Kier alpha value is -1.55. The van der Waals surface area contributed by atoms with E-state index < -0.39 is 0 Å². The smallest absolute Gasteiger partial charge is 0.195 e. The van der Waals surface area contributed by atoms with Crippen molar-refractivity contribution in [2.45, 2.75) is 20.3 Å². The molecule has 0 saturated carbocycles. The maximum atomic E-state index is 5.33. The first-order chi connectivity index (χ1) is 11.7. The summed E-state index contributed by atoms with van der Waals surface area (Å²) in [5.74, 6) is 2.11. The number of anilines is 1. The number of halogens is 1. The first-order valence-corrected chi connectivity index (χ1v) is 8.72. The SMILES string of the molecule is CCNC(=NCCc1csc(C)n1)Nc1ccc(OC)c(OC)c1.I. The monoisotopic (exact) mass is 476 g/mol. The molecule has 0 atom stereocenters. The van der Waals surface area contributed by atoms with Gasteiger partial charge in [0.1, 0.15) is 0 Å². The van der Waals surface area contributed by atoms with Gasteiger partial charge in [0, 0.05) is 36.6 Å². The van der Waals surface area contributed by atoms with Gasteiger partial charge in [0.2, 0.25) is 0 Å². The molecule has 0 radical (unpaired) electrons. The van der Waals surface area contributed by atoms with Gasteiger partial charge in [0.15, 0.2) is 17.5 Å². The molecule has 0 saturated heterocycles. The van der Waals surface area contributed by atoms with Crippen molar-refractivity contribution in [1.82, 2.24) is 10.3 Å². The highest BCUT2D eigenvalue weighted by Gasteiger charge is 2.06. The number of nitrogens with zero attached hydrogens (tertiary/aromatic N) is 2. The minimum Gasteiger partial charge on any atom is -0.493 e. The van der Waals surface area contributed by atoms with Crippen LogP contribution in [0.3, 0.4) is 0 Å². The quantitative estimate of drug-likeness (QED) is 0.363. The van der Waals surface area contributed by atoms with Crippen molar-refractivity contribution in [1.29, 1.82) is 0 Å². The van der Waals surface area contributed by atoms with Crippen LogP contribution in [0.4, 0.5) is 5.69 Å². The Morgan fingerprint density at radius 3 is 2.60 bits per heavy atom. The van der Waals surface area contributed by atoms with E-state index in [2.05, 4.69) is 26.0 Å². The van der Waals surface area contributed by atoms with Crippen LogP contribution in [0.25, 0.3) is 0 Å². The number of aromatic nitrogens is 1. The number of rotatable bonds is 7. The fourth-order valence-corrected chi connectivity index (χ4v) is 2.81. The van der Waals surface area contributed by atoms with Gasteiger partial charge in [-0.25, -0.2) is 4.98 Å². The molecular weight excluding hydrogens is 451 g/mol. The Morgan fingerprint density at radius 2 is 2.00 bits per heavy atom. The van der Waals surface area contributed by atoms with Gasteiger partial charge in [0.25, 0.3) is 0 Å². The number of nitrogens with one attached hydrogen (secondary N) is 2. The molecule has 2 rings (SSSR count). The zero-order valence-corrected chi connectivity index (χ0v) is 18.1. The summed E-state index contributed by atoms with van der Waals surface area (Å²) in [7, 11) is 3.24. The van der Waals surface area contributed by atoms with Gasteiger partial charge in [-0.1, -0.05) is 0 Å². The van der Waals surface area contributed by atoms with Gasteiger partial charge in [-0.15, -0.1) is 35.3 Å². The van der Waals surface area contributed by atoms with Crippen LogP contribution in [-0.2, 0) is 6.42 Å². The van der Waals surface area contributed by atoms with E-state index in [9.17, 15) is 0 Å². The fourth-order valence-electron chi connectivity index (χ4n) is 2.16. The Bertz CT molecular complexity index is 691. The maximum absolute atomic E-state index is 5.33. The van der Waals surface area contributed by atoms with Crippen molar-refractivity contribution in [2.75, 3.05) is 32.6 Å². The van der Waals surface area contributed by atoms with Gasteiger partial charge in [-0.05, 0) is 26.0 Å². The Kier molecular flexibility index (Phi) is 9.58. The molecule has 0 aliphatic heterocycles. The molecule has 0 amide bonds. The highest BCUT2D eigenvalue weighted by Crippen LogP contribution is 2.29. The van der Waals surface area contributed by atoms with Crippen LogP contribution in [-0.4, -0.2) is 38.3 Å². The molecule has 0 aliphatic rings. The second kappa shape index (κ2) is 11.1.